The molecule has 0 amide bonds. The van der Waals surface area contributed by atoms with Gasteiger partial charge in [0.05, 0.1) is 22.3 Å². The molecule has 1 aromatic carbocycles. The SMILES string of the molecule is CCOC(=O)/C(=C/C1C[C@@H](F)[C@@H](F)C1)c1ccc(S(=O)(=O)C2CC2)cc1. The van der Waals surface area contributed by atoms with Crippen molar-refractivity contribution in [2.45, 2.75) is 55.1 Å². The summed E-state index contributed by atoms with van der Waals surface area (Å²) < 4.78 is 56.5. The fraction of sp³-hybridized carbons (Fsp3) is 0.526. The number of sulfone groups is 1. The first-order valence-electron chi connectivity index (χ1n) is 8.84. The zero-order valence-electron chi connectivity index (χ0n) is 14.5. The van der Waals surface area contributed by atoms with E-state index in [2.05, 4.69) is 0 Å². The van der Waals surface area contributed by atoms with Crippen molar-refractivity contribution in [2.75, 3.05) is 6.61 Å². The summed E-state index contributed by atoms with van der Waals surface area (Å²) in [7, 11) is -3.31. The van der Waals surface area contributed by atoms with Crippen LogP contribution in [-0.2, 0) is 19.4 Å². The van der Waals surface area contributed by atoms with Crippen molar-refractivity contribution >= 4 is 21.4 Å². The van der Waals surface area contributed by atoms with Crippen LogP contribution in [0.1, 0.15) is 38.2 Å². The van der Waals surface area contributed by atoms with E-state index in [0.29, 0.717) is 18.4 Å². The van der Waals surface area contributed by atoms with E-state index in [0.717, 1.165) is 0 Å². The first-order chi connectivity index (χ1) is 12.3. The summed E-state index contributed by atoms with van der Waals surface area (Å²) in [6.45, 7) is 1.85. The molecule has 0 aliphatic heterocycles. The second-order valence-electron chi connectivity index (χ2n) is 6.83. The lowest BCUT2D eigenvalue weighted by molar-refractivity contribution is -0.136. The summed E-state index contributed by atoms with van der Waals surface area (Å²) in [6.07, 6.45) is -0.0925. The number of alkyl halides is 2. The largest absolute Gasteiger partial charge is 0.462 e. The van der Waals surface area contributed by atoms with E-state index >= 15 is 0 Å². The maximum Gasteiger partial charge on any atom is 0.338 e. The highest BCUT2D eigenvalue weighted by atomic mass is 32.2. The second kappa shape index (κ2) is 7.47. The van der Waals surface area contributed by atoms with Gasteiger partial charge in [0.1, 0.15) is 12.3 Å². The van der Waals surface area contributed by atoms with E-state index in [1.807, 2.05) is 0 Å². The minimum atomic E-state index is -3.31. The summed E-state index contributed by atoms with van der Waals surface area (Å²) in [5.41, 5.74) is 0.699. The number of ether oxygens (including phenoxy) is 1. The van der Waals surface area contributed by atoms with Crippen LogP contribution >= 0.6 is 0 Å². The fourth-order valence-corrected chi connectivity index (χ4v) is 4.88. The van der Waals surface area contributed by atoms with Crippen molar-refractivity contribution in [3.63, 3.8) is 0 Å². The maximum atomic E-state index is 13.4. The molecule has 0 saturated heterocycles. The average molecular weight is 384 g/mol. The third kappa shape index (κ3) is 3.98. The van der Waals surface area contributed by atoms with Gasteiger partial charge in [0.25, 0.3) is 0 Å². The summed E-state index contributed by atoms with van der Waals surface area (Å²) >= 11 is 0. The molecule has 2 aliphatic carbocycles. The van der Waals surface area contributed by atoms with Crippen molar-refractivity contribution in [3.8, 4) is 0 Å². The number of hydrogen-bond donors (Lipinski definition) is 0. The van der Waals surface area contributed by atoms with E-state index in [9.17, 15) is 22.0 Å². The van der Waals surface area contributed by atoms with Crippen molar-refractivity contribution in [3.05, 3.63) is 35.9 Å². The number of benzene rings is 1. The lowest BCUT2D eigenvalue weighted by Gasteiger charge is -2.11. The van der Waals surface area contributed by atoms with Gasteiger partial charge in [-0.1, -0.05) is 18.2 Å². The van der Waals surface area contributed by atoms with Crippen LogP contribution in [0.4, 0.5) is 8.78 Å². The monoisotopic (exact) mass is 384 g/mol. The van der Waals surface area contributed by atoms with E-state index in [1.54, 1.807) is 25.1 Å². The Bertz CT molecular complexity index is 787. The molecule has 0 aromatic heterocycles. The molecule has 0 bridgehead atoms. The quantitative estimate of drug-likeness (QED) is 0.555. The van der Waals surface area contributed by atoms with Gasteiger partial charge >= 0.3 is 5.97 Å². The molecular weight excluding hydrogens is 362 g/mol. The number of halogens is 2. The van der Waals surface area contributed by atoms with Gasteiger partial charge in [-0.05, 0) is 56.2 Å². The first-order valence-corrected chi connectivity index (χ1v) is 10.4. The Morgan fingerprint density at radius 2 is 1.73 bits per heavy atom. The van der Waals surface area contributed by atoms with Gasteiger partial charge in [-0.15, -0.1) is 0 Å². The van der Waals surface area contributed by atoms with E-state index in [-0.39, 0.29) is 35.2 Å². The van der Waals surface area contributed by atoms with Crippen LogP contribution in [0.3, 0.4) is 0 Å². The van der Waals surface area contributed by atoms with Gasteiger partial charge in [-0.2, -0.15) is 0 Å². The van der Waals surface area contributed by atoms with Crippen LogP contribution in [0, 0.1) is 5.92 Å². The highest BCUT2D eigenvalue weighted by molar-refractivity contribution is 7.92. The highest BCUT2D eigenvalue weighted by Gasteiger charge is 2.37. The Morgan fingerprint density at radius 1 is 1.15 bits per heavy atom. The van der Waals surface area contributed by atoms with Crippen molar-refractivity contribution in [2.24, 2.45) is 5.92 Å². The molecule has 3 rings (SSSR count). The van der Waals surface area contributed by atoms with Crippen molar-refractivity contribution < 1.29 is 26.7 Å². The minimum absolute atomic E-state index is 0.0260. The van der Waals surface area contributed by atoms with Crippen LogP contribution in [0.5, 0.6) is 0 Å². The fourth-order valence-electron chi connectivity index (χ4n) is 3.23. The number of esters is 1. The van der Waals surface area contributed by atoms with Gasteiger partial charge in [0.15, 0.2) is 9.84 Å². The van der Waals surface area contributed by atoms with E-state index in [1.165, 1.54) is 12.1 Å². The Kier molecular flexibility index (Phi) is 5.46. The van der Waals surface area contributed by atoms with Gasteiger partial charge in [-0.3, -0.25) is 0 Å². The summed E-state index contributed by atoms with van der Waals surface area (Å²) in [4.78, 5) is 12.5. The molecule has 1 unspecified atom stereocenters. The zero-order chi connectivity index (χ0) is 18.9. The molecule has 26 heavy (non-hydrogen) atoms. The molecule has 0 heterocycles. The molecule has 0 radical (unpaired) electrons. The van der Waals surface area contributed by atoms with Gasteiger partial charge < -0.3 is 4.74 Å². The predicted octanol–water partition coefficient (Wildman–Crippen LogP) is 3.66. The molecule has 2 aliphatic rings. The molecule has 7 heteroatoms. The Hall–Kier alpha value is -1.76. The lowest BCUT2D eigenvalue weighted by atomic mass is 9.98. The first kappa shape index (κ1) is 19.0. The number of hydrogen-bond acceptors (Lipinski definition) is 4. The molecule has 1 aromatic rings. The Morgan fingerprint density at radius 3 is 2.23 bits per heavy atom. The van der Waals surface area contributed by atoms with Crippen LogP contribution in [0.25, 0.3) is 5.57 Å². The highest BCUT2D eigenvalue weighted by Crippen LogP contribution is 2.35. The zero-order valence-corrected chi connectivity index (χ0v) is 15.3. The van der Waals surface area contributed by atoms with Crippen LogP contribution in [0.15, 0.2) is 35.2 Å². The minimum Gasteiger partial charge on any atom is -0.462 e. The summed E-state index contributed by atoms with van der Waals surface area (Å²) in [5.74, 6) is -0.975. The predicted molar refractivity (Wildman–Crippen MR) is 93.8 cm³/mol. The van der Waals surface area contributed by atoms with Crippen LogP contribution < -0.4 is 0 Å². The number of carbonyl (C=O) groups excluding carboxylic acids is 1. The third-order valence-electron chi connectivity index (χ3n) is 4.80. The summed E-state index contributed by atoms with van der Waals surface area (Å²) in [6, 6.07) is 6.04. The van der Waals surface area contributed by atoms with Crippen molar-refractivity contribution in [1.29, 1.82) is 0 Å². The van der Waals surface area contributed by atoms with Gasteiger partial charge in [-0.25, -0.2) is 22.0 Å². The number of rotatable bonds is 6. The third-order valence-corrected chi connectivity index (χ3v) is 7.08. The maximum absolute atomic E-state index is 13.4. The molecule has 2 fully saturated rings. The standard InChI is InChI=1S/C19H22F2O4S/c1-2-25-19(22)16(9-12-10-17(20)18(21)11-12)13-3-5-14(6-4-13)26(23,24)15-7-8-15/h3-6,9,12,15,17-18H,2,7-8,10-11H2,1H3/b16-9+/t12?,17-,18+. The second-order valence-corrected chi connectivity index (χ2v) is 9.06. The molecule has 0 N–H and O–H groups in total. The van der Waals surface area contributed by atoms with E-state index in [4.69, 9.17) is 4.74 Å². The van der Waals surface area contributed by atoms with Gasteiger partial charge in [0, 0.05) is 0 Å². The van der Waals surface area contributed by atoms with Crippen LogP contribution in [0.2, 0.25) is 0 Å². The Balaban J connectivity index is 1.88. The molecule has 0 spiro atoms. The molecule has 142 valence electrons. The number of allylic oxidation sites excluding steroid dienone is 1. The van der Waals surface area contributed by atoms with Crippen molar-refractivity contribution in [1.82, 2.24) is 0 Å². The number of carbonyl (C=O) groups is 1. The lowest BCUT2D eigenvalue weighted by Crippen LogP contribution is -2.10. The normalized spacial score (nSPS) is 26.7. The summed E-state index contributed by atoms with van der Waals surface area (Å²) in [5, 5.41) is -0.310. The Labute approximate surface area is 152 Å². The molecule has 4 nitrogen and oxygen atoms in total. The van der Waals surface area contributed by atoms with Gasteiger partial charge in [0.2, 0.25) is 0 Å². The van der Waals surface area contributed by atoms with E-state index < -0.39 is 34.1 Å². The molecule has 2 saturated carbocycles. The smallest absolute Gasteiger partial charge is 0.338 e. The average Bonchev–Trinajstić information content (AvgIpc) is 3.41. The molecule has 3 atom stereocenters. The van der Waals surface area contributed by atoms with Crippen LogP contribution in [-0.4, -0.2) is 38.6 Å². The molecular formula is C19H22F2O4S. The topological polar surface area (TPSA) is 60.4 Å².